The van der Waals surface area contributed by atoms with Gasteiger partial charge in [-0.2, -0.15) is 0 Å². The van der Waals surface area contributed by atoms with Gasteiger partial charge in [0.25, 0.3) is 5.70 Å². The van der Waals surface area contributed by atoms with Crippen molar-refractivity contribution >= 4 is 17.5 Å². The number of nitro groups is 1. The lowest BCUT2D eigenvalue weighted by atomic mass is 10.1. The van der Waals surface area contributed by atoms with Gasteiger partial charge in [-0.15, -0.1) is 18.3 Å². The molecule has 1 rings (SSSR count). The number of rotatable bonds is 7. The van der Waals surface area contributed by atoms with Crippen LogP contribution in [0.2, 0.25) is 0 Å². The molecule has 0 bridgehead atoms. The summed E-state index contributed by atoms with van der Waals surface area (Å²) in [6.45, 7) is 8.00. The average molecular weight is 346 g/mol. The van der Waals surface area contributed by atoms with Crippen LogP contribution in [-0.4, -0.2) is 29.7 Å². The first kappa shape index (κ1) is 21.7. The summed E-state index contributed by atoms with van der Waals surface area (Å²) in [6.07, 6.45) is 8.54. The maximum Gasteiger partial charge on any atom is 0.264 e. The van der Waals surface area contributed by atoms with E-state index in [0.717, 1.165) is 6.54 Å². The Morgan fingerprint density at radius 2 is 1.96 bits per heavy atom. The molecule has 4 nitrogen and oxygen atoms in total. The van der Waals surface area contributed by atoms with Crippen LogP contribution in [-0.2, 0) is 0 Å². The molecule has 0 heterocycles. The predicted octanol–water partition coefficient (Wildman–Crippen LogP) is 5.21. The molecule has 0 radical (unpaired) electrons. The van der Waals surface area contributed by atoms with E-state index in [-0.39, 0.29) is 5.70 Å². The highest BCUT2D eigenvalue weighted by atomic mass is 32.2. The Kier molecular flexibility index (Phi) is 11.9. The van der Waals surface area contributed by atoms with Gasteiger partial charge in [0.15, 0.2) is 0 Å². The zero-order chi connectivity index (χ0) is 18.4. The smallest absolute Gasteiger partial charge is 0.264 e. The lowest BCUT2D eigenvalue weighted by Crippen LogP contribution is -2.16. The molecule has 24 heavy (non-hydrogen) atoms. The van der Waals surface area contributed by atoms with Crippen LogP contribution >= 0.6 is 11.8 Å². The molecular formula is C19H26N2O2S. The van der Waals surface area contributed by atoms with E-state index in [9.17, 15) is 10.1 Å². The number of benzene rings is 1. The average Bonchev–Trinajstić information content (AvgIpc) is 2.58. The van der Waals surface area contributed by atoms with Gasteiger partial charge in [-0.1, -0.05) is 42.5 Å². The van der Waals surface area contributed by atoms with Crippen LogP contribution in [0.5, 0.6) is 0 Å². The first-order valence-electron chi connectivity index (χ1n) is 7.55. The van der Waals surface area contributed by atoms with Gasteiger partial charge in [-0.25, -0.2) is 0 Å². The van der Waals surface area contributed by atoms with Crippen molar-refractivity contribution < 1.29 is 4.92 Å². The Morgan fingerprint density at radius 1 is 1.33 bits per heavy atom. The maximum atomic E-state index is 10.0. The molecule has 1 aromatic rings. The van der Waals surface area contributed by atoms with Gasteiger partial charge in [0.05, 0.1) is 10.6 Å². The molecule has 130 valence electrons. The standard InChI is InChI=1S/C13H17NS.C6H9NO2/c1-4-10-14(2)13(11-15-3)12-8-6-5-7-9-12;1-3-5-6(4-2)7(8)9/h4-9,11H,1,10H2,2-3H3;3-5H,1-2H3/b13-11-;5-3-,6-4+. The highest BCUT2D eigenvalue weighted by molar-refractivity contribution is 8.01. The minimum absolute atomic E-state index is 0.137. The summed E-state index contributed by atoms with van der Waals surface area (Å²) in [5.41, 5.74) is 2.62. The molecule has 1 aromatic carbocycles. The lowest BCUT2D eigenvalue weighted by molar-refractivity contribution is -0.419. The molecule has 0 spiro atoms. The van der Waals surface area contributed by atoms with Crippen molar-refractivity contribution in [3.8, 4) is 0 Å². The van der Waals surface area contributed by atoms with Gasteiger partial charge < -0.3 is 4.90 Å². The van der Waals surface area contributed by atoms with Crippen LogP contribution in [0.3, 0.4) is 0 Å². The van der Waals surface area contributed by atoms with E-state index >= 15 is 0 Å². The Balaban J connectivity index is 0.000000506. The van der Waals surface area contributed by atoms with Crippen LogP contribution in [0.15, 0.2) is 72.3 Å². The lowest BCUT2D eigenvalue weighted by Gasteiger charge is -2.21. The first-order chi connectivity index (χ1) is 11.5. The van der Waals surface area contributed by atoms with E-state index in [0.29, 0.717) is 0 Å². The van der Waals surface area contributed by atoms with Crippen molar-refractivity contribution in [3.63, 3.8) is 0 Å². The molecule has 0 N–H and O–H groups in total. The van der Waals surface area contributed by atoms with Crippen LogP contribution in [0, 0.1) is 10.1 Å². The fourth-order valence-corrected chi connectivity index (χ4v) is 2.36. The fraction of sp³-hybridized carbons (Fsp3) is 0.263. The second-order valence-electron chi connectivity index (χ2n) is 4.74. The largest absolute Gasteiger partial charge is 0.370 e. The van der Waals surface area contributed by atoms with Crippen LogP contribution in [0.25, 0.3) is 5.70 Å². The second-order valence-corrected chi connectivity index (χ2v) is 5.45. The molecule has 0 aliphatic heterocycles. The van der Waals surface area contributed by atoms with Crippen LogP contribution in [0.4, 0.5) is 0 Å². The van der Waals surface area contributed by atoms with Crippen molar-refractivity contribution in [1.82, 2.24) is 4.90 Å². The topological polar surface area (TPSA) is 46.4 Å². The van der Waals surface area contributed by atoms with Crippen molar-refractivity contribution in [2.24, 2.45) is 0 Å². The minimum atomic E-state index is -0.417. The molecule has 5 heteroatoms. The minimum Gasteiger partial charge on any atom is -0.370 e. The highest BCUT2D eigenvalue weighted by Crippen LogP contribution is 2.20. The van der Waals surface area contributed by atoms with Crippen molar-refractivity contribution in [2.45, 2.75) is 13.8 Å². The van der Waals surface area contributed by atoms with E-state index in [2.05, 4.69) is 54.5 Å². The number of likely N-dealkylation sites (N-methyl/N-ethyl adjacent to an activating group) is 1. The highest BCUT2D eigenvalue weighted by Gasteiger charge is 2.04. The monoisotopic (exact) mass is 346 g/mol. The molecule has 0 aromatic heterocycles. The quantitative estimate of drug-likeness (QED) is 0.294. The van der Waals surface area contributed by atoms with E-state index in [1.165, 1.54) is 23.4 Å². The third-order valence-corrected chi connectivity index (χ3v) is 3.42. The van der Waals surface area contributed by atoms with Crippen molar-refractivity contribution in [3.05, 3.63) is 88.0 Å². The van der Waals surface area contributed by atoms with E-state index in [1.807, 2.05) is 12.1 Å². The second kappa shape index (κ2) is 13.2. The number of hydrogen-bond donors (Lipinski definition) is 0. The summed E-state index contributed by atoms with van der Waals surface area (Å²) in [4.78, 5) is 11.8. The third kappa shape index (κ3) is 8.39. The zero-order valence-corrected chi connectivity index (χ0v) is 15.6. The molecule has 0 aliphatic rings. The molecule has 0 atom stereocenters. The molecule has 0 unspecified atom stereocenters. The zero-order valence-electron chi connectivity index (χ0n) is 14.8. The van der Waals surface area contributed by atoms with E-state index in [4.69, 9.17) is 0 Å². The van der Waals surface area contributed by atoms with Crippen LogP contribution < -0.4 is 0 Å². The molecule has 0 fully saturated rings. The SMILES string of the molecule is C/C=C\C(=C/C)[N+](=O)[O-].C=CCN(C)/C(=C\SC)c1ccccc1. The number of hydrogen-bond acceptors (Lipinski definition) is 4. The Bertz CT molecular complexity index is 593. The summed E-state index contributed by atoms with van der Waals surface area (Å²) >= 11 is 1.72. The normalized spacial score (nSPS) is 11.7. The number of thioether (sulfide) groups is 1. The maximum absolute atomic E-state index is 10.0. The van der Waals surface area contributed by atoms with Gasteiger partial charge in [-0.05, 0) is 37.2 Å². The number of allylic oxidation sites excluding steroid dienone is 3. The van der Waals surface area contributed by atoms with Crippen molar-refractivity contribution in [1.29, 1.82) is 0 Å². The molecule has 0 saturated heterocycles. The number of nitrogens with zero attached hydrogens (tertiary/aromatic N) is 2. The Morgan fingerprint density at radius 3 is 2.33 bits per heavy atom. The Hall–Kier alpha value is -2.27. The van der Waals surface area contributed by atoms with Gasteiger partial charge in [0.1, 0.15) is 0 Å². The summed E-state index contributed by atoms with van der Waals surface area (Å²) in [7, 11) is 2.08. The first-order valence-corrected chi connectivity index (χ1v) is 8.84. The molecular weight excluding hydrogens is 320 g/mol. The third-order valence-electron chi connectivity index (χ3n) is 2.96. The predicted molar refractivity (Wildman–Crippen MR) is 106 cm³/mol. The van der Waals surface area contributed by atoms with Gasteiger partial charge >= 0.3 is 0 Å². The van der Waals surface area contributed by atoms with Crippen LogP contribution in [0.1, 0.15) is 19.4 Å². The van der Waals surface area contributed by atoms with E-state index < -0.39 is 4.92 Å². The summed E-state index contributed by atoms with van der Waals surface area (Å²) in [5, 5.41) is 12.2. The van der Waals surface area contributed by atoms with Gasteiger partial charge in [0.2, 0.25) is 0 Å². The molecule has 0 saturated carbocycles. The summed E-state index contributed by atoms with van der Waals surface area (Å²) < 4.78 is 0. The fourth-order valence-electron chi connectivity index (χ4n) is 1.82. The summed E-state index contributed by atoms with van der Waals surface area (Å²) in [6, 6.07) is 10.4. The Labute approximate surface area is 149 Å². The van der Waals surface area contributed by atoms with Gasteiger partial charge in [0, 0.05) is 19.7 Å². The van der Waals surface area contributed by atoms with E-state index in [1.54, 1.807) is 31.7 Å². The summed E-state index contributed by atoms with van der Waals surface area (Å²) in [5.74, 6) is 0. The van der Waals surface area contributed by atoms with Gasteiger partial charge in [-0.3, -0.25) is 10.1 Å². The molecule has 0 aliphatic carbocycles. The molecule has 0 amide bonds. The van der Waals surface area contributed by atoms with Crippen molar-refractivity contribution in [2.75, 3.05) is 19.8 Å².